The van der Waals surface area contributed by atoms with Crippen LogP contribution < -0.4 is 5.32 Å². The maximum Gasteiger partial charge on any atom is 0.251 e. The van der Waals surface area contributed by atoms with Gasteiger partial charge in [0.1, 0.15) is 0 Å². The van der Waals surface area contributed by atoms with Crippen molar-refractivity contribution in [3.8, 4) is 6.07 Å². The zero-order chi connectivity index (χ0) is 16.1. The first-order valence-electron chi connectivity index (χ1n) is 7.60. The molecule has 1 aromatic carbocycles. The average Bonchev–Trinajstić information content (AvgIpc) is 3.02. The van der Waals surface area contributed by atoms with Crippen LogP contribution in [0, 0.1) is 17.2 Å². The van der Waals surface area contributed by atoms with E-state index in [1.807, 2.05) is 11.0 Å². The number of rotatable bonds is 4. The van der Waals surface area contributed by atoms with Gasteiger partial charge in [-0.2, -0.15) is 5.26 Å². The minimum atomic E-state index is -0.293. The fraction of sp³-hybridized carbons (Fsp3) is 0.471. The van der Waals surface area contributed by atoms with Crippen LogP contribution in [0.5, 0.6) is 0 Å². The Morgan fingerprint density at radius 2 is 2.05 bits per heavy atom. The highest BCUT2D eigenvalue weighted by Gasteiger charge is 2.30. The van der Waals surface area contributed by atoms with Gasteiger partial charge in [0.25, 0.3) is 5.91 Å². The predicted octanol–water partition coefficient (Wildman–Crippen LogP) is 1.94. The van der Waals surface area contributed by atoms with Crippen molar-refractivity contribution in [1.82, 2.24) is 10.2 Å². The van der Waals surface area contributed by atoms with Crippen molar-refractivity contribution in [3.63, 3.8) is 0 Å². The highest BCUT2D eigenvalue weighted by molar-refractivity contribution is 5.96. The van der Waals surface area contributed by atoms with Crippen molar-refractivity contribution in [2.75, 3.05) is 13.1 Å². The van der Waals surface area contributed by atoms with Gasteiger partial charge in [-0.25, -0.2) is 0 Å². The van der Waals surface area contributed by atoms with E-state index in [0.29, 0.717) is 17.0 Å². The molecule has 0 aliphatic carbocycles. The van der Waals surface area contributed by atoms with Crippen LogP contribution in [-0.2, 0) is 4.79 Å². The molecule has 1 heterocycles. The number of amides is 2. The Bertz CT molecular complexity index is 587. The largest absolute Gasteiger partial charge is 0.343 e. The van der Waals surface area contributed by atoms with E-state index < -0.39 is 0 Å². The summed E-state index contributed by atoms with van der Waals surface area (Å²) in [6, 6.07) is 8.64. The first kappa shape index (κ1) is 16.0. The molecule has 1 N–H and O–H groups in total. The quantitative estimate of drug-likeness (QED) is 0.923. The SMILES string of the molecule is CC(C)[C@@H]1CCCN1C(=O)CNC(=O)c1ccc(C#N)cc1. The van der Waals surface area contributed by atoms with E-state index in [1.165, 1.54) is 0 Å². The number of benzene rings is 1. The molecule has 0 radical (unpaired) electrons. The lowest BCUT2D eigenvalue weighted by Gasteiger charge is -2.27. The fourth-order valence-electron chi connectivity index (χ4n) is 2.85. The van der Waals surface area contributed by atoms with Gasteiger partial charge in [-0.05, 0) is 43.0 Å². The Labute approximate surface area is 130 Å². The third-order valence-corrected chi connectivity index (χ3v) is 4.07. The number of nitriles is 1. The molecule has 2 rings (SSSR count). The van der Waals surface area contributed by atoms with Gasteiger partial charge in [0, 0.05) is 18.2 Å². The standard InChI is InChI=1S/C17H21N3O2/c1-12(2)15-4-3-9-20(15)16(21)11-19-17(22)14-7-5-13(10-18)6-8-14/h5-8,12,15H,3-4,9,11H2,1-2H3,(H,19,22)/t15-/m0/s1. The van der Waals surface area contributed by atoms with Gasteiger partial charge in [-0.3, -0.25) is 9.59 Å². The second-order valence-corrected chi connectivity index (χ2v) is 5.91. The summed E-state index contributed by atoms with van der Waals surface area (Å²) in [5.74, 6) is 0.108. The molecule has 22 heavy (non-hydrogen) atoms. The zero-order valence-corrected chi connectivity index (χ0v) is 13.0. The van der Waals surface area contributed by atoms with Crippen LogP contribution in [0.4, 0.5) is 0 Å². The second-order valence-electron chi connectivity index (χ2n) is 5.91. The molecule has 1 saturated heterocycles. The zero-order valence-electron chi connectivity index (χ0n) is 13.0. The molecular weight excluding hydrogens is 278 g/mol. The Morgan fingerprint density at radius 3 is 2.64 bits per heavy atom. The first-order valence-corrected chi connectivity index (χ1v) is 7.60. The molecule has 1 aliphatic rings. The molecule has 5 nitrogen and oxygen atoms in total. The lowest BCUT2D eigenvalue weighted by Crippen LogP contribution is -2.44. The van der Waals surface area contributed by atoms with E-state index in [4.69, 9.17) is 5.26 Å². The molecule has 0 spiro atoms. The molecule has 0 aromatic heterocycles. The van der Waals surface area contributed by atoms with Gasteiger partial charge >= 0.3 is 0 Å². The van der Waals surface area contributed by atoms with Gasteiger partial charge in [-0.15, -0.1) is 0 Å². The monoisotopic (exact) mass is 299 g/mol. The maximum atomic E-state index is 12.3. The summed E-state index contributed by atoms with van der Waals surface area (Å²) in [5, 5.41) is 11.4. The third-order valence-electron chi connectivity index (χ3n) is 4.07. The lowest BCUT2D eigenvalue weighted by molar-refractivity contribution is -0.131. The molecule has 1 aliphatic heterocycles. The highest BCUT2D eigenvalue weighted by Crippen LogP contribution is 2.23. The summed E-state index contributed by atoms with van der Waals surface area (Å²) < 4.78 is 0. The first-order chi connectivity index (χ1) is 10.5. The molecule has 0 unspecified atom stereocenters. The summed E-state index contributed by atoms with van der Waals surface area (Å²) in [5.41, 5.74) is 0.957. The number of nitrogens with zero attached hydrogens (tertiary/aromatic N) is 2. The van der Waals surface area contributed by atoms with E-state index in [2.05, 4.69) is 19.2 Å². The topological polar surface area (TPSA) is 73.2 Å². The molecule has 0 saturated carbocycles. The third kappa shape index (κ3) is 3.64. The van der Waals surface area contributed by atoms with Crippen molar-refractivity contribution >= 4 is 11.8 Å². The van der Waals surface area contributed by atoms with E-state index >= 15 is 0 Å². The van der Waals surface area contributed by atoms with Crippen molar-refractivity contribution in [1.29, 1.82) is 5.26 Å². The summed E-state index contributed by atoms with van der Waals surface area (Å²) in [6.45, 7) is 5.02. The van der Waals surface area contributed by atoms with Gasteiger partial charge in [0.05, 0.1) is 18.2 Å². The lowest BCUT2D eigenvalue weighted by atomic mass is 10.0. The van der Waals surface area contributed by atoms with Crippen molar-refractivity contribution in [2.45, 2.75) is 32.7 Å². The van der Waals surface area contributed by atoms with Gasteiger partial charge in [-0.1, -0.05) is 13.8 Å². The van der Waals surface area contributed by atoms with Crippen LogP contribution in [0.25, 0.3) is 0 Å². The van der Waals surface area contributed by atoms with Crippen molar-refractivity contribution in [3.05, 3.63) is 35.4 Å². The number of hydrogen-bond acceptors (Lipinski definition) is 3. The molecule has 5 heteroatoms. The van der Waals surface area contributed by atoms with Crippen LogP contribution in [0.2, 0.25) is 0 Å². The number of likely N-dealkylation sites (tertiary alicyclic amines) is 1. The van der Waals surface area contributed by atoms with E-state index in [0.717, 1.165) is 19.4 Å². The summed E-state index contributed by atoms with van der Waals surface area (Å²) in [6.07, 6.45) is 2.06. The maximum absolute atomic E-state index is 12.3. The van der Waals surface area contributed by atoms with Crippen molar-refractivity contribution < 1.29 is 9.59 Å². The minimum absolute atomic E-state index is 0.0159. The minimum Gasteiger partial charge on any atom is -0.343 e. The molecule has 0 bridgehead atoms. The highest BCUT2D eigenvalue weighted by atomic mass is 16.2. The summed E-state index contributed by atoms with van der Waals surface area (Å²) in [4.78, 5) is 26.2. The number of carbonyl (C=O) groups excluding carboxylic acids is 2. The molecule has 2 amide bonds. The molecule has 1 aromatic rings. The Morgan fingerprint density at radius 1 is 1.36 bits per heavy atom. The summed E-state index contributed by atoms with van der Waals surface area (Å²) >= 11 is 0. The fourth-order valence-corrected chi connectivity index (χ4v) is 2.85. The van der Waals surface area contributed by atoms with Gasteiger partial charge in [0.2, 0.25) is 5.91 Å². The molecular formula is C17H21N3O2. The Kier molecular flexibility index (Phi) is 5.16. The molecule has 1 fully saturated rings. The smallest absolute Gasteiger partial charge is 0.251 e. The van der Waals surface area contributed by atoms with Gasteiger partial charge in [0.15, 0.2) is 0 Å². The predicted molar refractivity (Wildman–Crippen MR) is 83.1 cm³/mol. The Hall–Kier alpha value is -2.35. The normalized spacial score (nSPS) is 17.4. The van der Waals surface area contributed by atoms with Crippen LogP contribution in [-0.4, -0.2) is 35.8 Å². The second kappa shape index (κ2) is 7.08. The van der Waals surface area contributed by atoms with E-state index in [-0.39, 0.29) is 24.4 Å². The van der Waals surface area contributed by atoms with E-state index in [1.54, 1.807) is 24.3 Å². The Balaban J connectivity index is 1.90. The van der Waals surface area contributed by atoms with E-state index in [9.17, 15) is 9.59 Å². The van der Waals surface area contributed by atoms with Gasteiger partial charge < -0.3 is 10.2 Å². The van der Waals surface area contributed by atoms with Crippen LogP contribution >= 0.6 is 0 Å². The molecule has 1 atom stereocenters. The van der Waals surface area contributed by atoms with Crippen LogP contribution in [0.1, 0.15) is 42.6 Å². The number of nitrogens with one attached hydrogen (secondary N) is 1. The van der Waals surface area contributed by atoms with Crippen molar-refractivity contribution in [2.24, 2.45) is 5.92 Å². The summed E-state index contributed by atoms with van der Waals surface area (Å²) in [7, 11) is 0. The van der Waals surface area contributed by atoms with Crippen LogP contribution in [0.3, 0.4) is 0 Å². The average molecular weight is 299 g/mol. The number of hydrogen-bond donors (Lipinski definition) is 1. The number of carbonyl (C=O) groups is 2. The van der Waals surface area contributed by atoms with Crippen LogP contribution in [0.15, 0.2) is 24.3 Å². The molecule has 116 valence electrons.